The lowest BCUT2D eigenvalue weighted by molar-refractivity contribution is -0.155. The predicted octanol–water partition coefficient (Wildman–Crippen LogP) is 2.36. The van der Waals surface area contributed by atoms with Crippen molar-refractivity contribution in [3.63, 3.8) is 0 Å². The van der Waals surface area contributed by atoms with E-state index in [-0.39, 0.29) is 17.7 Å². The molecular formula is C16H19ClN2O2. The molecule has 1 aromatic rings. The Morgan fingerprint density at radius 2 is 1.90 bits per heavy atom. The first-order valence-electron chi connectivity index (χ1n) is 7.29. The van der Waals surface area contributed by atoms with Crippen LogP contribution in [0.2, 0.25) is 5.02 Å². The normalized spacial score (nSPS) is 29.5. The van der Waals surface area contributed by atoms with Crippen molar-refractivity contribution in [1.29, 1.82) is 0 Å². The second-order valence-electron chi connectivity index (χ2n) is 6.20. The highest BCUT2D eigenvalue weighted by molar-refractivity contribution is 6.30. The molecule has 0 bridgehead atoms. The summed E-state index contributed by atoms with van der Waals surface area (Å²) in [6, 6.07) is 6.94. The molecule has 1 aliphatic carbocycles. The van der Waals surface area contributed by atoms with Gasteiger partial charge >= 0.3 is 0 Å². The number of hydrogen-bond acceptors (Lipinski definition) is 2. The third-order valence-corrected chi connectivity index (χ3v) is 4.85. The molecule has 2 atom stereocenters. The van der Waals surface area contributed by atoms with Crippen LogP contribution < -0.4 is 5.32 Å². The molecule has 0 radical (unpaired) electrons. The molecule has 4 nitrogen and oxygen atoms in total. The van der Waals surface area contributed by atoms with Crippen molar-refractivity contribution < 1.29 is 9.59 Å². The highest BCUT2D eigenvalue weighted by Gasteiger charge is 2.54. The smallest absolute Gasteiger partial charge is 0.249 e. The summed E-state index contributed by atoms with van der Waals surface area (Å²) in [6.45, 7) is 4.06. The third-order valence-electron chi connectivity index (χ3n) is 4.59. The highest BCUT2D eigenvalue weighted by atomic mass is 35.5. The molecule has 0 aromatic heterocycles. The van der Waals surface area contributed by atoms with Gasteiger partial charge in [-0.2, -0.15) is 0 Å². The Labute approximate surface area is 129 Å². The topological polar surface area (TPSA) is 49.4 Å². The van der Waals surface area contributed by atoms with Crippen LogP contribution in [0.4, 0.5) is 0 Å². The number of nitrogens with zero attached hydrogens (tertiary/aromatic N) is 1. The highest BCUT2D eigenvalue weighted by Crippen LogP contribution is 2.42. The molecule has 21 heavy (non-hydrogen) atoms. The number of rotatable bonds is 3. The Kier molecular flexibility index (Phi) is 3.44. The molecule has 1 saturated carbocycles. The fourth-order valence-electron chi connectivity index (χ4n) is 2.96. The average Bonchev–Trinajstić information content (AvgIpc) is 3.28. The van der Waals surface area contributed by atoms with Crippen molar-refractivity contribution in [2.45, 2.75) is 44.8 Å². The maximum absolute atomic E-state index is 12.8. The van der Waals surface area contributed by atoms with E-state index in [1.165, 1.54) is 0 Å². The van der Waals surface area contributed by atoms with Gasteiger partial charge in [0.15, 0.2) is 0 Å². The average molecular weight is 307 g/mol. The molecule has 1 heterocycles. The Morgan fingerprint density at radius 3 is 2.48 bits per heavy atom. The molecule has 2 unspecified atom stereocenters. The van der Waals surface area contributed by atoms with E-state index in [2.05, 4.69) is 5.32 Å². The second-order valence-corrected chi connectivity index (χ2v) is 6.64. The van der Waals surface area contributed by atoms with E-state index in [0.29, 0.717) is 11.6 Å². The Bertz CT molecular complexity index is 582. The molecule has 3 rings (SSSR count). The van der Waals surface area contributed by atoms with E-state index in [1.54, 1.807) is 24.0 Å². The van der Waals surface area contributed by atoms with Crippen LogP contribution >= 0.6 is 11.6 Å². The number of carbonyl (C=O) groups excluding carboxylic acids is 2. The van der Waals surface area contributed by atoms with Crippen LogP contribution in [-0.4, -0.2) is 28.3 Å². The maximum Gasteiger partial charge on any atom is 0.249 e. The zero-order valence-electron chi connectivity index (χ0n) is 12.2. The van der Waals surface area contributed by atoms with Gasteiger partial charge in [-0.3, -0.25) is 9.59 Å². The largest absolute Gasteiger partial charge is 0.340 e. The minimum atomic E-state index is -0.740. The Balaban J connectivity index is 1.85. The number of hydrogen-bond donors (Lipinski definition) is 1. The van der Waals surface area contributed by atoms with Gasteiger partial charge in [0.05, 0.1) is 0 Å². The van der Waals surface area contributed by atoms with Crippen LogP contribution in [0.5, 0.6) is 0 Å². The zero-order valence-corrected chi connectivity index (χ0v) is 13.0. The summed E-state index contributed by atoms with van der Waals surface area (Å²) in [6.07, 6.45) is 2.01. The van der Waals surface area contributed by atoms with Crippen LogP contribution in [-0.2, 0) is 16.1 Å². The van der Waals surface area contributed by atoms with Crippen LogP contribution in [0.15, 0.2) is 24.3 Å². The number of nitrogens with one attached hydrogen (secondary N) is 1. The van der Waals surface area contributed by atoms with Gasteiger partial charge in [-0.15, -0.1) is 0 Å². The summed E-state index contributed by atoms with van der Waals surface area (Å²) in [5.41, 5.74) is 0.239. The fourth-order valence-corrected chi connectivity index (χ4v) is 3.09. The second kappa shape index (κ2) is 5.02. The quantitative estimate of drug-likeness (QED) is 0.932. The van der Waals surface area contributed by atoms with E-state index in [0.717, 1.165) is 18.4 Å². The molecule has 2 amide bonds. The zero-order chi connectivity index (χ0) is 15.2. The number of carbonyl (C=O) groups is 2. The summed E-state index contributed by atoms with van der Waals surface area (Å²) >= 11 is 5.89. The van der Waals surface area contributed by atoms with Crippen molar-refractivity contribution in [3.8, 4) is 0 Å². The molecule has 2 fully saturated rings. The maximum atomic E-state index is 12.8. The molecule has 1 aliphatic heterocycles. The van der Waals surface area contributed by atoms with Crippen molar-refractivity contribution in [1.82, 2.24) is 10.2 Å². The molecule has 2 aliphatic rings. The summed E-state index contributed by atoms with van der Waals surface area (Å²) in [4.78, 5) is 26.7. The van der Waals surface area contributed by atoms with Crippen LogP contribution in [0.1, 0.15) is 32.3 Å². The molecule has 5 heteroatoms. The van der Waals surface area contributed by atoms with Gasteiger partial charge in [0.2, 0.25) is 11.8 Å². The first-order chi connectivity index (χ1) is 9.91. The van der Waals surface area contributed by atoms with Crippen LogP contribution in [0.25, 0.3) is 0 Å². The lowest BCUT2D eigenvalue weighted by Crippen LogP contribution is -2.69. The van der Waals surface area contributed by atoms with E-state index in [9.17, 15) is 9.59 Å². The molecule has 1 aromatic carbocycles. The van der Waals surface area contributed by atoms with Crippen LogP contribution in [0.3, 0.4) is 0 Å². The minimum Gasteiger partial charge on any atom is -0.340 e. The van der Waals surface area contributed by atoms with E-state index in [4.69, 9.17) is 11.6 Å². The van der Waals surface area contributed by atoms with Crippen molar-refractivity contribution >= 4 is 23.4 Å². The number of benzene rings is 1. The van der Waals surface area contributed by atoms with Crippen LogP contribution in [0, 0.1) is 5.92 Å². The van der Waals surface area contributed by atoms with Gasteiger partial charge in [0, 0.05) is 11.6 Å². The van der Waals surface area contributed by atoms with Crippen molar-refractivity contribution in [2.75, 3.05) is 0 Å². The standard InChI is InChI=1S/C16H19ClN2O2/c1-10-14(20)18-16(2,12-5-6-12)15(21)19(10)9-11-3-7-13(17)8-4-11/h3-4,7-8,10,12H,5-6,9H2,1-2H3,(H,18,20). The summed E-state index contributed by atoms with van der Waals surface area (Å²) in [5, 5.41) is 3.59. The molecular weight excluding hydrogens is 288 g/mol. The van der Waals surface area contributed by atoms with Gasteiger partial charge < -0.3 is 10.2 Å². The van der Waals surface area contributed by atoms with E-state index < -0.39 is 11.6 Å². The molecule has 1 saturated heterocycles. The molecule has 1 N–H and O–H groups in total. The van der Waals surface area contributed by atoms with Gasteiger partial charge in [0.25, 0.3) is 0 Å². The number of piperazine rings is 1. The summed E-state index contributed by atoms with van der Waals surface area (Å²) in [5.74, 6) is 0.221. The first-order valence-corrected chi connectivity index (χ1v) is 7.67. The first kappa shape index (κ1) is 14.4. The van der Waals surface area contributed by atoms with Crippen molar-refractivity contribution in [3.05, 3.63) is 34.9 Å². The van der Waals surface area contributed by atoms with Crippen molar-refractivity contribution in [2.24, 2.45) is 5.92 Å². The predicted molar refractivity (Wildman–Crippen MR) is 80.7 cm³/mol. The number of halogens is 1. The lowest BCUT2D eigenvalue weighted by atomic mass is 9.89. The molecule has 0 spiro atoms. The monoisotopic (exact) mass is 306 g/mol. The Hall–Kier alpha value is -1.55. The van der Waals surface area contributed by atoms with Gasteiger partial charge in [-0.1, -0.05) is 23.7 Å². The minimum absolute atomic E-state index is 0.0204. The fraction of sp³-hybridized carbons (Fsp3) is 0.500. The van der Waals surface area contributed by atoms with Gasteiger partial charge in [-0.25, -0.2) is 0 Å². The van der Waals surface area contributed by atoms with E-state index in [1.807, 2.05) is 19.1 Å². The third kappa shape index (κ3) is 2.53. The Morgan fingerprint density at radius 1 is 1.29 bits per heavy atom. The lowest BCUT2D eigenvalue weighted by Gasteiger charge is -2.43. The van der Waals surface area contributed by atoms with E-state index >= 15 is 0 Å². The van der Waals surface area contributed by atoms with Gasteiger partial charge in [-0.05, 0) is 50.3 Å². The molecule has 112 valence electrons. The van der Waals surface area contributed by atoms with Gasteiger partial charge in [0.1, 0.15) is 11.6 Å². The SMILES string of the molecule is CC1C(=O)NC(C)(C2CC2)C(=O)N1Cc1ccc(Cl)cc1. The number of amides is 2. The summed E-state index contributed by atoms with van der Waals surface area (Å²) < 4.78 is 0. The summed E-state index contributed by atoms with van der Waals surface area (Å²) in [7, 11) is 0.